The van der Waals surface area contributed by atoms with Crippen molar-refractivity contribution in [2.24, 2.45) is 0 Å². The van der Waals surface area contributed by atoms with Gasteiger partial charge in [0.05, 0.1) is 5.69 Å². The molecule has 11 heteroatoms. The van der Waals surface area contributed by atoms with E-state index in [0.717, 1.165) is 16.9 Å². The molecular weight excluding hydrogens is 414 g/mol. The molecule has 142 valence electrons. The number of nitrogens with zero attached hydrogens (tertiary/aromatic N) is 1. The van der Waals surface area contributed by atoms with Crippen LogP contribution in [0.2, 0.25) is 5.02 Å². The van der Waals surface area contributed by atoms with Crippen molar-refractivity contribution in [2.75, 3.05) is 10.0 Å². The Morgan fingerprint density at radius 3 is 2.67 bits per heavy atom. The highest BCUT2D eigenvalue weighted by molar-refractivity contribution is 7.93. The summed E-state index contributed by atoms with van der Waals surface area (Å²) in [6, 6.07) is 6.00. The molecule has 3 rings (SSSR count). The van der Waals surface area contributed by atoms with E-state index < -0.39 is 15.9 Å². The fourth-order valence-electron chi connectivity index (χ4n) is 2.20. The van der Waals surface area contributed by atoms with Gasteiger partial charge >= 0.3 is 0 Å². The summed E-state index contributed by atoms with van der Waals surface area (Å²) in [5.74, 6) is -1.03. The molecule has 0 aliphatic carbocycles. The van der Waals surface area contributed by atoms with Crippen LogP contribution in [0.3, 0.4) is 0 Å². The summed E-state index contributed by atoms with van der Waals surface area (Å²) in [7, 11) is -4.15. The first-order valence-electron chi connectivity index (χ1n) is 7.52. The molecule has 0 unspecified atom stereocenters. The van der Waals surface area contributed by atoms with E-state index >= 15 is 0 Å². The predicted octanol–water partition coefficient (Wildman–Crippen LogP) is 3.77. The number of phenolic OH excluding ortho intramolecular Hbond substituents is 1. The number of phenols is 1. The van der Waals surface area contributed by atoms with Crippen LogP contribution in [-0.2, 0) is 10.0 Å². The highest BCUT2D eigenvalue weighted by Crippen LogP contribution is 2.31. The van der Waals surface area contributed by atoms with E-state index in [0.29, 0.717) is 5.69 Å². The number of nitrogens with one attached hydrogen (secondary N) is 2. The summed E-state index contributed by atoms with van der Waals surface area (Å²) < 4.78 is 32.3. The zero-order chi connectivity index (χ0) is 19.8. The number of aryl methyl sites for hydroxylation is 2. The van der Waals surface area contributed by atoms with Crippen molar-refractivity contribution in [3.05, 3.63) is 50.8 Å². The van der Waals surface area contributed by atoms with Gasteiger partial charge in [0.25, 0.3) is 21.8 Å². The summed E-state index contributed by atoms with van der Waals surface area (Å²) in [4.78, 5) is 12.2. The lowest BCUT2D eigenvalue weighted by atomic mass is 10.2. The minimum atomic E-state index is -4.15. The maximum Gasteiger partial charge on any atom is 0.267 e. The average molecular weight is 428 g/mol. The van der Waals surface area contributed by atoms with Crippen molar-refractivity contribution in [3.63, 3.8) is 0 Å². The Labute approximate surface area is 163 Å². The van der Waals surface area contributed by atoms with Crippen molar-refractivity contribution in [1.29, 1.82) is 0 Å². The largest absolute Gasteiger partial charge is 0.506 e. The lowest BCUT2D eigenvalue weighted by Gasteiger charge is -2.09. The molecule has 3 aromatic rings. The summed E-state index contributed by atoms with van der Waals surface area (Å²) in [5, 5.41) is 17.5. The first kappa shape index (κ1) is 19.2. The van der Waals surface area contributed by atoms with Gasteiger partial charge in [-0.05, 0) is 43.0 Å². The topological polar surface area (TPSA) is 122 Å². The van der Waals surface area contributed by atoms with E-state index in [2.05, 4.69) is 15.2 Å². The number of benzene rings is 1. The second-order valence-electron chi connectivity index (χ2n) is 5.61. The van der Waals surface area contributed by atoms with Gasteiger partial charge in [-0.25, -0.2) is 13.1 Å². The summed E-state index contributed by atoms with van der Waals surface area (Å²) >= 11 is 6.87. The Bertz CT molecular complexity index is 1120. The van der Waals surface area contributed by atoms with Crippen LogP contribution in [0.1, 0.15) is 20.9 Å². The molecule has 0 bridgehead atoms. The van der Waals surface area contributed by atoms with Gasteiger partial charge in [-0.1, -0.05) is 22.8 Å². The van der Waals surface area contributed by atoms with E-state index in [9.17, 15) is 18.3 Å². The number of sulfonamides is 1. The molecule has 3 N–H and O–H groups in total. The first-order valence-corrected chi connectivity index (χ1v) is 10.3. The standard InChI is InChI=1S/C16H14ClN3O5S2/c1-8-3-4-10(11(21)7-8)18-15(22)14-12(5-6-26-14)27(23,24)20-16-13(17)9(2)19-25-16/h3-7,20-21H,1-2H3,(H,18,22). The first-order chi connectivity index (χ1) is 12.7. The van der Waals surface area contributed by atoms with Crippen LogP contribution in [0.25, 0.3) is 0 Å². The molecule has 0 fully saturated rings. The van der Waals surface area contributed by atoms with Crippen molar-refractivity contribution in [1.82, 2.24) is 5.16 Å². The van der Waals surface area contributed by atoms with E-state index in [4.69, 9.17) is 16.1 Å². The van der Waals surface area contributed by atoms with Crippen molar-refractivity contribution < 1.29 is 22.8 Å². The third-order valence-corrected chi connectivity index (χ3v) is 6.41. The maximum absolute atomic E-state index is 12.6. The molecular formula is C16H14ClN3O5S2. The number of thiophene rings is 1. The maximum atomic E-state index is 12.6. The summed E-state index contributed by atoms with van der Waals surface area (Å²) in [6.45, 7) is 3.35. The van der Waals surface area contributed by atoms with Crippen LogP contribution in [0.5, 0.6) is 5.75 Å². The van der Waals surface area contributed by atoms with Crippen LogP contribution in [0.15, 0.2) is 39.1 Å². The monoisotopic (exact) mass is 427 g/mol. The van der Waals surface area contributed by atoms with Gasteiger partial charge in [0.15, 0.2) is 0 Å². The van der Waals surface area contributed by atoms with Crippen LogP contribution in [0, 0.1) is 13.8 Å². The Kier molecular flexibility index (Phi) is 5.13. The van der Waals surface area contributed by atoms with Gasteiger partial charge in [-0.2, -0.15) is 0 Å². The second kappa shape index (κ2) is 7.22. The van der Waals surface area contributed by atoms with Crippen LogP contribution in [-0.4, -0.2) is 24.6 Å². The van der Waals surface area contributed by atoms with Crippen LogP contribution >= 0.6 is 22.9 Å². The molecule has 2 heterocycles. The van der Waals surface area contributed by atoms with Crippen molar-refractivity contribution in [2.45, 2.75) is 18.7 Å². The Morgan fingerprint density at radius 1 is 1.30 bits per heavy atom. The number of carbonyl (C=O) groups is 1. The molecule has 0 atom stereocenters. The number of amides is 1. The molecule has 0 spiro atoms. The minimum Gasteiger partial charge on any atom is -0.506 e. The molecule has 0 aliphatic heterocycles. The second-order valence-corrected chi connectivity index (χ2v) is 8.55. The lowest BCUT2D eigenvalue weighted by Crippen LogP contribution is -2.18. The van der Waals surface area contributed by atoms with Gasteiger partial charge in [-0.3, -0.25) is 4.79 Å². The van der Waals surface area contributed by atoms with Crippen molar-refractivity contribution in [3.8, 4) is 5.75 Å². The molecule has 1 amide bonds. The van der Waals surface area contributed by atoms with Crippen molar-refractivity contribution >= 4 is 50.4 Å². The highest BCUT2D eigenvalue weighted by Gasteiger charge is 2.27. The third-order valence-electron chi connectivity index (χ3n) is 3.54. The van der Waals surface area contributed by atoms with E-state index in [1.165, 1.54) is 23.6 Å². The Balaban J connectivity index is 1.88. The number of anilines is 2. The number of hydrogen-bond donors (Lipinski definition) is 3. The fourth-order valence-corrected chi connectivity index (χ4v) is 4.69. The Hall–Kier alpha value is -2.56. The fraction of sp³-hybridized carbons (Fsp3) is 0.125. The van der Waals surface area contributed by atoms with Gasteiger partial charge in [0.1, 0.15) is 26.2 Å². The third kappa shape index (κ3) is 3.92. The number of halogens is 1. The number of aromatic hydroxyl groups is 1. The zero-order valence-corrected chi connectivity index (χ0v) is 16.5. The van der Waals surface area contributed by atoms with E-state index in [1.54, 1.807) is 19.9 Å². The summed E-state index contributed by atoms with van der Waals surface area (Å²) in [6.07, 6.45) is 0. The van der Waals surface area contributed by atoms with E-state index in [1.807, 2.05) is 0 Å². The normalized spacial score (nSPS) is 11.4. The molecule has 0 aliphatic rings. The smallest absolute Gasteiger partial charge is 0.267 e. The van der Waals surface area contributed by atoms with Crippen LogP contribution < -0.4 is 10.0 Å². The molecule has 1 aromatic carbocycles. The SMILES string of the molecule is Cc1ccc(NC(=O)c2sccc2S(=O)(=O)Nc2onc(C)c2Cl)c(O)c1. The van der Waals surface area contributed by atoms with Crippen LogP contribution in [0.4, 0.5) is 11.6 Å². The number of rotatable bonds is 5. The number of aromatic nitrogens is 1. The number of hydrogen-bond acceptors (Lipinski definition) is 7. The van der Waals surface area contributed by atoms with E-state index in [-0.39, 0.29) is 32.1 Å². The quantitative estimate of drug-likeness (QED) is 0.533. The molecule has 27 heavy (non-hydrogen) atoms. The van der Waals surface area contributed by atoms with Gasteiger partial charge in [-0.15, -0.1) is 11.3 Å². The minimum absolute atomic E-state index is 0.0318. The molecule has 0 saturated carbocycles. The average Bonchev–Trinajstić information content (AvgIpc) is 3.20. The summed E-state index contributed by atoms with van der Waals surface area (Å²) in [5.41, 5.74) is 1.31. The van der Waals surface area contributed by atoms with Gasteiger partial charge in [0.2, 0.25) is 0 Å². The molecule has 2 aromatic heterocycles. The molecule has 0 saturated heterocycles. The Morgan fingerprint density at radius 2 is 2.04 bits per heavy atom. The molecule has 8 nitrogen and oxygen atoms in total. The molecule has 0 radical (unpaired) electrons. The lowest BCUT2D eigenvalue weighted by molar-refractivity contribution is 0.102. The van der Waals surface area contributed by atoms with Gasteiger partial charge < -0.3 is 14.9 Å². The highest BCUT2D eigenvalue weighted by atomic mass is 35.5. The zero-order valence-electron chi connectivity index (χ0n) is 14.1. The van der Waals surface area contributed by atoms with Gasteiger partial charge in [0, 0.05) is 0 Å². The predicted molar refractivity (Wildman–Crippen MR) is 102 cm³/mol. The number of carbonyl (C=O) groups excluding carboxylic acids is 1.